The standard InChI is InChI=1S/C18H24ClNO5S/c1-12(17(21)20-14-7-5-3-4-6-8-14)25-18(22)13-9-10-15(19)16(11-13)26(2,23)24/h9-12,14H,3-8H2,1-2H3,(H,20,21)/t12-/m1/s1. The molecule has 0 aliphatic heterocycles. The summed E-state index contributed by atoms with van der Waals surface area (Å²) in [7, 11) is -3.58. The minimum atomic E-state index is -3.58. The lowest BCUT2D eigenvalue weighted by Crippen LogP contribution is -2.41. The van der Waals surface area contributed by atoms with Crippen LogP contribution in [0, 0.1) is 0 Å². The zero-order chi connectivity index (χ0) is 19.3. The Morgan fingerprint density at radius 1 is 1.19 bits per heavy atom. The smallest absolute Gasteiger partial charge is 0.338 e. The van der Waals surface area contributed by atoms with Gasteiger partial charge in [0.2, 0.25) is 0 Å². The zero-order valence-electron chi connectivity index (χ0n) is 15.0. The van der Waals surface area contributed by atoms with Crippen molar-refractivity contribution >= 4 is 33.3 Å². The van der Waals surface area contributed by atoms with E-state index in [4.69, 9.17) is 16.3 Å². The molecule has 1 aromatic carbocycles. The largest absolute Gasteiger partial charge is 0.449 e. The van der Waals surface area contributed by atoms with E-state index >= 15 is 0 Å². The van der Waals surface area contributed by atoms with Crippen molar-refractivity contribution in [3.63, 3.8) is 0 Å². The maximum absolute atomic E-state index is 12.3. The third-order valence-corrected chi connectivity index (χ3v) is 6.00. The van der Waals surface area contributed by atoms with Gasteiger partial charge in [-0.1, -0.05) is 37.3 Å². The Bertz CT molecular complexity index is 770. The van der Waals surface area contributed by atoms with E-state index in [-0.39, 0.29) is 27.4 Å². The van der Waals surface area contributed by atoms with E-state index in [2.05, 4.69) is 5.32 Å². The Hall–Kier alpha value is -1.60. The summed E-state index contributed by atoms with van der Waals surface area (Å²) in [5.41, 5.74) is 0.0314. The quantitative estimate of drug-likeness (QED) is 0.604. The predicted molar refractivity (Wildman–Crippen MR) is 99.1 cm³/mol. The number of benzene rings is 1. The highest BCUT2D eigenvalue weighted by molar-refractivity contribution is 7.90. The summed E-state index contributed by atoms with van der Waals surface area (Å²) in [5.74, 6) is -1.11. The summed E-state index contributed by atoms with van der Waals surface area (Å²) in [6, 6.07) is 3.97. The molecule has 0 spiro atoms. The molecule has 26 heavy (non-hydrogen) atoms. The Kier molecular flexibility index (Phi) is 7.06. The second-order valence-electron chi connectivity index (χ2n) is 6.66. The predicted octanol–water partition coefficient (Wildman–Crippen LogP) is 3.13. The van der Waals surface area contributed by atoms with Gasteiger partial charge in [-0.25, -0.2) is 13.2 Å². The molecule has 2 rings (SSSR count). The van der Waals surface area contributed by atoms with Gasteiger partial charge in [-0.05, 0) is 38.0 Å². The molecular weight excluding hydrogens is 378 g/mol. The van der Waals surface area contributed by atoms with Crippen LogP contribution in [0.15, 0.2) is 23.1 Å². The average Bonchev–Trinajstić information content (AvgIpc) is 2.82. The highest BCUT2D eigenvalue weighted by Gasteiger charge is 2.23. The summed E-state index contributed by atoms with van der Waals surface area (Å²) in [4.78, 5) is 24.4. The van der Waals surface area contributed by atoms with Crippen molar-refractivity contribution in [1.29, 1.82) is 0 Å². The molecular formula is C18H24ClNO5S. The molecule has 1 N–H and O–H groups in total. The van der Waals surface area contributed by atoms with Gasteiger partial charge in [0.15, 0.2) is 15.9 Å². The van der Waals surface area contributed by atoms with E-state index in [0.717, 1.165) is 38.0 Å². The maximum Gasteiger partial charge on any atom is 0.338 e. The van der Waals surface area contributed by atoms with Crippen molar-refractivity contribution in [2.24, 2.45) is 0 Å². The van der Waals surface area contributed by atoms with Crippen molar-refractivity contribution in [2.45, 2.75) is 62.5 Å². The van der Waals surface area contributed by atoms with Gasteiger partial charge in [0.25, 0.3) is 5.91 Å². The van der Waals surface area contributed by atoms with Crippen LogP contribution >= 0.6 is 11.6 Å². The first-order valence-corrected chi connectivity index (χ1v) is 11.0. The van der Waals surface area contributed by atoms with Gasteiger partial charge in [-0.15, -0.1) is 0 Å². The molecule has 0 heterocycles. The SMILES string of the molecule is C[C@@H](OC(=O)c1ccc(Cl)c(S(C)(=O)=O)c1)C(=O)NC1CCCCCC1. The minimum absolute atomic E-state index is 0.0307. The zero-order valence-corrected chi connectivity index (χ0v) is 16.5. The molecule has 8 heteroatoms. The van der Waals surface area contributed by atoms with Crippen molar-refractivity contribution in [3.8, 4) is 0 Å². The molecule has 144 valence electrons. The first-order chi connectivity index (χ1) is 12.2. The number of carbonyl (C=O) groups is 2. The van der Waals surface area contributed by atoms with E-state index in [9.17, 15) is 18.0 Å². The van der Waals surface area contributed by atoms with Crippen LogP contribution in [0.1, 0.15) is 55.8 Å². The van der Waals surface area contributed by atoms with Crippen LogP contribution in [-0.2, 0) is 19.4 Å². The second kappa shape index (κ2) is 8.86. The summed E-state index contributed by atoms with van der Waals surface area (Å²) >= 11 is 5.87. The third kappa shape index (κ3) is 5.71. The van der Waals surface area contributed by atoms with Crippen LogP contribution in [-0.4, -0.2) is 38.7 Å². The molecule has 0 aromatic heterocycles. The van der Waals surface area contributed by atoms with Crippen LogP contribution in [0.4, 0.5) is 0 Å². The monoisotopic (exact) mass is 401 g/mol. The van der Waals surface area contributed by atoms with Gasteiger partial charge < -0.3 is 10.1 Å². The number of nitrogens with one attached hydrogen (secondary N) is 1. The number of hydrogen-bond donors (Lipinski definition) is 1. The van der Waals surface area contributed by atoms with E-state index in [1.54, 1.807) is 0 Å². The van der Waals surface area contributed by atoms with Crippen molar-refractivity contribution in [2.75, 3.05) is 6.26 Å². The number of esters is 1. The number of amides is 1. The molecule has 0 unspecified atom stereocenters. The first-order valence-electron chi connectivity index (χ1n) is 8.69. The molecule has 1 fully saturated rings. The van der Waals surface area contributed by atoms with Crippen LogP contribution < -0.4 is 5.32 Å². The van der Waals surface area contributed by atoms with Crippen LogP contribution in [0.2, 0.25) is 5.02 Å². The summed E-state index contributed by atoms with van der Waals surface area (Å²) in [6.45, 7) is 1.50. The van der Waals surface area contributed by atoms with Gasteiger partial charge in [0.1, 0.15) is 0 Å². The normalized spacial score (nSPS) is 17.2. The number of ether oxygens (including phenoxy) is 1. The van der Waals surface area contributed by atoms with Crippen LogP contribution in [0.5, 0.6) is 0 Å². The van der Waals surface area contributed by atoms with Crippen molar-refractivity contribution in [3.05, 3.63) is 28.8 Å². The summed E-state index contributed by atoms with van der Waals surface area (Å²) < 4.78 is 28.6. The van der Waals surface area contributed by atoms with E-state index in [1.165, 1.54) is 31.9 Å². The Morgan fingerprint density at radius 2 is 1.81 bits per heavy atom. The molecule has 1 aliphatic rings. The fourth-order valence-corrected chi connectivity index (χ4v) is 4.24. The number of halogens is 1. The highest BCUT2D eigenvalue weighted by Crippen LogP contribution is 2.23. The third-order valence-electron chi connectivity index (χ3n) is 4.42. The topological polar surface area (TPSA) is 89.5 Å². The Labute approximate surface area is 159 Å². The maximum atomic E-state index is 12.3. The molecule has 0 bridgehead atoms. The van der Waals surface area contributed by atoms with E-state index in [0.29, 0.717) is 0 Å². The Morgan fingerprint density at radius 3 is 2.38 bits per heavy atom. The molecule has 1 amide bonds. The fourth-order valence-electron chi connectivity index (χ4n) is 2.94. The van der Waals surface area contributed by atoms with E-state index < -0.39 is 21.9 Å². The van der Waals surface area contributed by atoms with Gasteiger partial charge in [-0.3, -0.25) is 4.79 Å². The van der Waals surface area contributed by atoms with Crippen molar-refractivity contribution < 1.29 is 22.7 Å². The second-order valence-corrected chi connectivity index (χ2v) is 9.05. The average molecular weight is 402 g/mol. The van der Waals surface area contributed by atoms with Gasteiger partial charge in [-0.2, -0.15) is 0 Å². The number of sulfone groups is 1. The number of hydrogen-bond acceptors (Lipinski definition) is 5. The lowest BCUT2D eigenvalue weighted by atomic mass is 10.1. The molecule has 1 aliphatic carbocycles. The molecule has 1 saturated carbocycles. The number of carbonyl (C=O) groups excluding carboxylic acids is 2. The highest BCUT2D eigenvalue weighted by atomic mass is 35.5. The molecule has 1 atom stereocenters. The van der Waals surface area contributed by atoms with Gasteiger partial charge >= 0.3 is 5.97 Å². The number of rotatable bonds is 5. The lowest BCUT2D eigenvalue weighted by Gasteiger charge is -2.19. The Balaban J connectivity index is 2.01. The van der Waals surface area contributed by atoms with Gasteiger partial charge in [0, 0.05) is 12.3 Å². The first kappa shape index (κ1) is 20.7. The minimum Gasteiger partial charge on any atom is -0.449 e. The van der Waals surface area contributed by atoms with Crippen molar-refractivity contribution in [1.82, 2.24) is 5.32 Å². The van der Waals surface area contributed by atoms with Crippen LogP contribution in [0.25, 0.3) is 0 Å². The van der Waals surface area contributed by atoms with Crippen LogP contribution in [0.3, 0.4) is 0 Å². The molecule has 0 saturated heterocycles. The summed E-state index contributed by atoms with van der Waals surface area (Å²) in [6.07, 6.45) is 6.42. The lowest BCUT2D eigenvalue weighted by molar-refractivity contribution is -0.129. The van der Waals surface area contributed by atoms with Gasteiger partial charge in [0.05, 0.1) is 15.5 Å². The molecule has 6 nitrogen and oxygen atoms in total. The fraction of sp³-hybridized carbons (Fsp3) is 0.556. The summed E-state index contributed by atoms with van der Waals surface area (Å²) in [5, 5.41) is 2.96. The molecule has 1 aromatic rings. The van der Waals surface area contributed by atoms with E-state index in [1.807, 2.05) is 0 Å². The molecule has 0 radical (unpaired) electrons.